The second kappa shape index (κ2) is 3.26. The van der Waals surface area contributed by atoms with Gasteiger partial charge in [-0.15, -0.1) is 0 Å². The molecule has 76 valence electrons. The number of aryl methyl sites for hydroxylation is 1. The van der Waals surface area contributed by atoms with Crippen molar-refractivity contribution in [2.75, 3.05) is 11.9 Å². The van der Waals surface area contributed by atoms with Crippen molar-refractivity contribution in [3.8, 4) is 0 Å². The molecule has 1 N–H and O–H groups in total. The van der Waals surface area contributed by atoms with Crippen molar-refractivity contribution >= 4 is 5.69 Å². The number of anilines is 1. The first-order valence-electron chi connectivity index (χ1n) is 5.10. The second-order valence-corrected chi connectivity index (χ2v) is 4.38. The molecule has 0 fully saturated rings. The minimum absolute atomic E-state index is 0.525. The number of alkyl halides is 1. The highest BCUT2D eigenvalue weighted by Gasteiger charge is 2.27. The summed E-state index contributed by atoms with van der Waals surface area (Å²) in [6, 6.07) is 6.07. The van der Waals surface area contributed by atoms with Crippen molar-refractivity contribution in [1.82, 2.24) is 0 Å². The van der Waals surface area contributed by atoms with Crippen LogP contribution in [0.25, 0.3) is 0 Å². The van der Waals surface area contributed by atoms with Gasteiger partial charge in [0.1, 0.15) is 5.67 Å². The lowest BCUT2D eigenvalue weighted by Gasteiger charge is -2.16. The molecule has 14 heavy (non-hydrogen) atoms. The van der Waals surface area contributed by atoms with Crippen LogP contribution in [0.3, 0.4) is 0 Å². The summed E-state index contributed by atoms with van der Waals surface area (Å²) in [6.45, 7) is 4.48. The van der Waals surface area contributed by atoms with Crippen molar-refractivity contribution in [1.29, 1.82) is 0 Å². The van der Waals surface area contributed by atoms with Crippen LogP contribution in [0.5, 0.6) is 0 Å². The largest absolute Gasteiger partial charge is 0.384 e. The number of fused-ring (bicyclic) bond motifs is 1. The van der Waals surface area contributed by atoms with Crippen LogP contribution in [0, 0.1) is 6.92 Å². The van der Waals surface area contributed by atoms with Gasteiger partial charge in [-0.3, -0.25) is 0 Å². The molecular formula is C12H16FN. The lowest BCUT2D eigenvalue weighted by atomic mass is 9.95. The molecule has 1 aromatic carbocycles. The van der Waals surface area contributed by atoms with Gasteiger partial charge in [-0.25, -0.2) is 4.39 Å². The van der Waals surface area contributed by atoms with E-state index >= 15 is 0 Å². The third kappa shape index (κ3) is 1.74. The van der Waals surface area contributed by atoms with Gasteiger partial charge >= 0.3 is 0 Å². The molecule has 2 heteroatoms. The van der Waals surface area contributed by atoms with Crippen LogP contribution in [0.2, 0.25) is 0 Å². The van der Waals surface area contributed by atoms with Crippen LogP contribution in [0.1, 0.15) is 24.5 Å². The van der Waals surface area contributed by atoms with Gasteiger partial charge in [0.2, 0.25) is 0 Å². The summed E-state index contributed by atoms with van der Waals surface area (Å²) in [5.41, 5.74) is 2.38. The molecule has 2 rings (SSSR count). The third-order valence-corrected chi connectivity index (χ3v) is 2.87. The number of hydrogen-bond donors (Lipinski definition) is 1. The Morgan fingerprint density at radius 3 is 3.00 bits per heavy atom. The molecule has 0 saturated carbocycles. The van der Waals surface area contributed by atoms with Gasteiger partial charge in [-0.2, -0.15) is 0 Å². The highest BCUT2D eigenvalue weighted by molar-refractivity contribution is 5.58. The van der Waals surface area contributed by atoms with E-state index in [9.17, 15) is 4.39 Å². The molecule has 1 atom stereocenters. The molecule has 1 heterocycles. The van der Waals surface area contributed by atoms with Gasteiger partial charge in [0.25, 0.3) is 0 Å². The number of nitrogens with one attached hydrogen (secondary N) is 1. The van der Waals surface area contributed by atoms with Crippen molar-refractivity contribution in [2.24, 2.45) is 0 Å². The Morgan fingerprint density at radius 2 is 2.21 bits per heavy atom. The number of rotatable bonds is 0. The molecule has 1 nitrogen and oxygen atoms in total. The van der Waals surface area contributed by atoms with E-state index in [1.165, 1.54) is 5.56 Å². The van der Waals surface area contributed by atoms with Crippen LogP contribution in [-0.2, 0) is 6.42 Å². The zero-order valence-electron chi connectivity index (χ0n) is 8.73. The van der Waals surface area contributed by atoms with E-state index in [-0.39, 0.29) is 0 Å². The standard InChI is InChI=1S/C12H16FN/c1-9-4-3-5-10-8-12(2,13)6-7-14-11(9)10/h3-5,14H,6-8H2,1-2H3. The summed E-state index contributed by atoms with van der Waals surface area (Å²) in [7, 11) is 0. The van der Waals surface area contributed by atoms with E-state index in [0.717, 1.165) is 17.8 Å². The summed E-state index contributed by atoms with van der Waals surface area (Å²) in [4.78, 5) is 0. The molecule has 0 radical (unpaired) electrons. The number of hydrogen-bond acceptors (Lipinski definition) is 1. The van der Waals surface area contributed by atoms with Crippen molar-refractivity contribution < 1.29 is 4.39 Å². The summed E-state index contributed by atoms with van der Waals surface area (Å²) in [6.07, 6.45) is 1.11. The lowest BCUT2D eigenvalue weighted by molar-refractivity contribution is 0.183. The first kappa shape index (κ1) is 9.50. The Hall–Kier alpha value is -1.05. The fourth-order valence-electron chi connectivity index (χ4n) is 2.06. The molecule has 0 spiro atoms. The summed E-state index contributed by atoms with van der Waals surface area (Å²) in [5, 5.41) is 3.31. The van der Waals surface area contributed by atoms with Gasteiger partial charge in [0.15, 0.2) is 0 Å². The van der Waals surface area contributed by atoms with Crippen molar-refractivity contribution in [2.45, 2.75) is 32.4 Å². The first-order chi connectivity index (χ1) is 6.58. The summed E-state index contributed by atoms with van der Waals surface area (Å²) in [5.74, 6) is 0. The normalized spacial score (nSPS) is 26.2. The van der Waals surface area contributed by atoms with Crippen molar-refractivity contribution in [3.63, 3.8) is 0 Å². The predicted molar refractivity (Wildman–Crippen MR) is 57.5 cm³/mol. The van der Waals surface area contributed by atoms with Crippen LogP contribution in [0.15, 0.2) is 18.2 Å². The quantitative estimate of drug-likeness (QED) is 0.667. The van der Waals surface area contributed by atoms with Crippen LogP contribution in [-0.4, -0.2) is 12.2 Å². The molecule has 0 bridgehead atoms. The second-order valence-electron chi connectivity index (χ2n) is 4.38. The summed E-state index contributed by atoms with van der Waals surface area (Å²) < 4.78 is 13.9. The Kier molecular flexibility index (Phi) is 2.22. The molecule has 1 unspecified atom stereocenters. The molecule has 0 aromatic heterocycles. The van der Waals surface area contributed by atoms with E-state index in [0.29, 0.717) is 12.8 Å². The highest BCUT2D eigenvalue weighted by Crippen LogP contribution is 2.31. The Morgan fingerprint density at radius 1 is 1.43 bits per heavy atom. The zero-order valence-corrected chi connectivity index (χ0v) is 8.73. The summed E-state index contributed by atoms with van der Waals surface area (Å²) >= 11 is 0. The van der Waals surface area contributed by atoms with Gasteiger partial charge in [-0.1, -0.05) is 18.2 Å². The number of benzene rings is 1. The molecule has 0 saturated heterocycles. The monoisotopic (exact) mass is 193 g/mol. The number of para-hydroxylation sites is 1. The highest BCUT2D eigenvalue weighted by atomic mass is 19.1. The maximum absolute atomic E-state index is 13.9. The average molecular weight is 193 g/mol. The van der Waals surface area contributed by atoms with Crippen molar-refractivity contribution in [3.05, 3.63) is 29.3 Å². The van der Waals surface area contributed by atoms with Gasteiger partial charge in [0.05, 0.1) is 0 Å². The van der Waals surface area contributed by atoms with Crippen LogP contribution >= 0.6 is 0 Å². The average Bonchev–Trinajstić information content (AvgIpc) is 2.23. The fourth-order valence-corrected chi connectivity index (χ4v) is 2.06. The lowest BCUT2D eigenvalue weighted by Crippen LogP contribution is -2.21. The SMILES string of the molecule is Cc1cccc2c1NCCC(C)(F)C2. The first-order valence-corrected chi connectivity index (χ1v) is 5.10. The molecular weight excluding hydrogens is 177 g/mol. The maximum Gasteiger partial charge on any atom is 0.114 e. The zero-order chi connectivity index (χ0) is 10.2. The molecule has 0 aliphatic carbocycles. The minimum atomic E-state index is -1.06. The maximum atomic E-state index is 13.9. The van der Waals surface area contributed by atoms with Gasteiger partial charge in [0, 0.05) is 18.7 Å². The smallest absolute Gasteiger partial charge is 0.114 e. The van der Waals surface area contributed by atoms with E-state index in [1.807, 2.05) is 12.1 Å². The van der Waals surface area contributed by atoms with E-state index in [2.05, 4.69) is 18.3 Å². The molecule has 1 aliphatic rings. The van der Waals surface area contributed by atoms with Crippen LogP contribution < -0.4 is 5.32 Å². The Balaban J connectivity index is 2.42. The topological polar surface area (TPSA) is 12.0 Å². The minimum Gasteiger partial charge on any atom is -0.384 e. The predicted octanol–water partition coefficient (Wildman–Crippen LogP) is 3.08. The molecule has 1 aliphatic heterocycles. The third-order valence-electron chi connectivity index (χ3n) is 2.87. The Labute approximate surface area is 84.3 Å². The van der Waals surface area contributed by atoms with Crippen LogP contribution in [0.4, 0.5) is 10.1 Å². The Bertz CT molecular complexity index is 344. The molecule has 0 amide bonds. The fraction of sp³-hybridized carbons (Fsp3) is 0.500. The van der Waals surface area contributed by atoms with Gasteiger partial charge in [-0.05, 0) is 31.4 Å². The van der Waals surface area contributed by atoms with E-state index in [1.54, 1.807) is 6.92 Å². The van der Waals surface area contributed by atoms with Gasteiger partial charge < -0.3 is 5.32 Å². The van der Waals surface area contributed by atoms with E-state index < -0.39 is 5.67 Å². The number of halogens is 1. The molecule has 1 aromatic rings. The van der Waals surface area contributed by atoms with E-state index in [4.69, 9.17) is 0 Å².